The van der Waals surface area contributed by atoms with Crippen molar-refractivity contribution in [3.63, 3.8) is 0 Å². The Kier molecular flexibility index (Phi) is 10.0. The van der Waals surface area contributed by atoms with Gasteiger partial charge in [0, 0.05) is 25.6 Å². The van der Waals surface area contributed by atoms with Crippen LogP contribution in [0.4, 0.5) is 0 Å². The number of halogens is 1. The number of nitrogens with one attached hydrogen (secondary N) is 2. The summed E-state index contributed by atoms with van der Waals surface area (Å²) in [6.45, 7) is 9.50. The van der Waals surface area contributed by atoms with Crippen molar-refractivity contribution in [3.8, 4) is 5.75 Å². The molecule has 1 aromatic carbocycles. The smallest absolute Gasteiger partial charge is 0.325 e. The minimum atomic E-state index is -0.506. The molecule has 0 amide bonds. The molecule has 0 aromatic heterocycles. The van der Waals surface area contributed by atoms with E-state index in [2.05, 4.69) is 15.6 Å². The molecule has 1 heterocycles. The van der Waals surface area contributed by atoms with Crippen molar-refractivity contribution in [2.75, 3.05) is 26.8 Å². The Labute approximate surface area is 184 Å². The number of carbonyl (C=O) groups is 1. The molecule has 1 aliphatic rings. The molecular weight excluding hydrogens is 473 g/mol. The highest BCUT2D eigenvalue weighted by molar-refractivity contribution is 14.0. The first kappa shape index (κ1) is 24.5. The van der Waals surface area contributed by atoms with Gasteiger partial charge in [-0.15, -0.1) is 24.0 Å². The van der Waals surface area contributed by atoms with Crippen LogP contribution in [0.1, 0.15) is 38.3 Å². The van der Waals surface area contributed by atoms with E-state index in [4.69, 9.17) is 14.2 Å². The maximum absolute atomic E-state index is 11.8. The fraction of sp³-hybridized carbons (Fsp3) is 0.600. The number of guanidine groups is 1. The Balaban J connectivity index is 0.00000392. The quantitative estimate of drug-likeness (QED) is 0.268. The van der Waals surface area contributed by atoms with Gasteiger partial charge in [-0.25, -0.2) is 0 Å². The topological polar surface area (TPSA) is 81.2 Å². The van der Waals surface area contributed by atoms with Gasteiger partial charge in [0.2, 0.25) is 0 Å². The molecule has 0 spiro atoms. The summed E-state index contributed by atoms with van der Waals surface area (Å²) in [7, 11) is 1.66. The standard InChI is InChI=1S/C20H31N3O4.HI/c1-14-6-7-15(17(10-14)26-16-8-9-25-13-16)11-22-19(21-5)23-12-18(24)27-20(2,3)4;/h6-7,10,16H,8-9,11-13H2,1-5H3,(H2,21,22,23);1H. The molecule has 1 unspecified atom stereocenters. The van der Waals surface area contributed by atoms with Gasteiger partial charge in [-0.3, -0.25) is 9.79 Å². The van der Waals surface area contributed by atoms with Crippen LogP contribution in [0, 0.1) is 6.92 Å². The van der Waals surface area contributed by atoms with Crippen molar-refractivity contribution < 1.29 is 19.0 Å². The Bertz CT molecular complexity index is 668. The monoisotopic (exact) mass is 505 g/mol. The predicted octanol–water partition coefficient (Wildman–Crippen LogP) is 2.79. The van der Waals surface area contributed by atoms with E-state index in [1.165, 1.54) is 0 Å². The van der Waals surface area contributed by atoms with Crippen molar-refractivity contribution in [1.82, 2.24) is 10.6 Å². The van der Waals surface area contributed by atoms with Crippen molar-refractivity contribution in [1.29, 1.82) is 0 Å². The Morgan fingerprint density at radius 1 is 1.32 bits per heavy atom. The number of ether oxygens (including phenoxy) is 3. The van der Waals surface area contributed by atoms with Crippen molar-refractivity contribution in [2.24, 2.45) is 4.99 Å². The highest BCUT2D eigenvalue weighted by Crippen LogP contribution is 2.23. The lowest BCUT2D eigenvalue weighted by Gasteiger charge is -2.20. The number of nitrogens with zero attached hydrogens (tertiary/aromatic N) is 1. The summed E-state index contributed by atoms with van der Waals surface area (Å²) in [4.78, 5) is 16.0. The summed E-state index contributed by atoms with van der Waals surface area (Å²) in [6.07, 6.45) is 0.995. The first-order valence-corrected chi connectivity index (χ1v) is 9.27. The van der Waals surface area contributed by atoms with E-state index < -0.39 is 5.60 Å². The van der Waals surface area contributed by atoms with Crippen LogP contribution in [-0.2, 0) is 20.8 Å². The van der Waals surface area contributed by atoms with E-state index >= 15 is 0 Å². The number of rotatable bonds is 6. The zero-order chi connectivity index (χ0) is 19.9. The number of hydrogen-bond acceptors (Lipinski definition) is 5. The molecule has 0 aliphatic carbocycles. The fourth-order valence-electron chi connectivity index (χ4n) is 2.64. The number of aliphatic imine (C=N–C) groups is 1. The van der Waals surface area contributed by atoms with Crippen LogP contribution in [0.15, 0.2) is 23.2 Å². The minimum Gasteiger partial charge on any atom is -0.488 e. The van der Waals surface area contributed by atoms with Crippen LogP contribution in [0.25, 0.3) is 0 Å². The van der Waals surface area contributed by atoms with Crippen molar-refractivity contribution in [2.45, 2.75) is 52.4 Å². The average Bonchev–Trinajstić information content (AvgIpc) is 3.08. The molecule has 2 N–H and O–H groups in total. The molecule has 0 bridgehead atoms. The van der Waals surface area contributed by atoms with Gasteiger partial charge in [-0.1, -0.05) is 12.1 Å². The Morgan fingerprint density at radius 3 is 2.68 bits per heavy atom. The lowest BCUT2D eigenvalue weighted by atomic mass is 10.1. The second-order valence-corrected chi connectivity index (χ2v) is 7.58. The lowest BCUT2D eigenvalue weighted by molar-refractivity contribution is -0.153. The van der Waals surface area contributed by atoms with Gasteiger partial charge >= 0.3 is 5.97 Å². The second kappa shape index (κ2) is 11.5. The van der Waals surface area contributed by atoms with E-state index in [0.29, 0.717) is 19.1 Å². The number of carbonyl (C=O) groups excluding carboxylic acids is 1. The van der Waals surface area contributed by atoms with Crippen LogP contribution < -0.4 is 15.4 Å². The van der Waals surface area contributed by atoms with Gasteiger partial charge in [0.25, 0.3) is 0 Å². The minimum absolute atomic E-state index is 0. The van der Waals surface area contributed by atoms with Gasteiger partial charge in [0.15, 0.2) is 5.96 Å². The third kappa shape index (κ3) is 8.64. The van der Waals surface area contributed by atoms with Gasteiger partial charge in [-0.05, 0) is 39.3 Å². The maximum Gasteiger partial charge on any atom is 0.325 e. The first-order chi connectivity index (χ1) is 12.8. The van der Waals surface area contributed by atoms with Gasteiger partial charge < -0.3 is 24.8 Å². The molecule has 28 heavy (non-hydrogen) atoms. The average molecular weight is 505 g/mol. The van der Waals surface area contributed by atoms with E-state index in [1.807, 2.05) is 45.9 Å². The van der Waals surface area contributed by atoms with Crippen LogP contribution in [-0.4, -0.2) is 50.4 Å². The van der Waals surface area contributed by atoms with Gasteiger partial charge in [0.1, 0.15) is 24.0 Å². The summed E-state index contributed by atoms with van der Waals surface area (Å²) in [5.74, 6) is 1.04. The Hall–Kier alpha value is -1.55. The number of hydrogen-bond donors (Lipinski definition) is 2. The SMILES string of the molecule is CN=C(NCC(=O)OC(C)(C)C)NCc1ccc(C)cc1OC1CCOC1.I. The van der Waals surface area contributed by atoms with E-state index in [9.17, 15) is 4.79 Å². The maximum atomic E-state index is 11.8. The third-order valence-electron chi connectivity index (χ3n) is 3.89. The molecular formula is C20H32IN3O4. The van der Waals surface area contributed by atoms with Crippen molar-refractivity contribution in [3.05, 3.63) is 29.3 Å². The molecule has 2 rings (SSSR count). The van der Waals surface area contributed by atoms with Gasteiger partial charge in [0.05, 0.1) is 13.2 Å². The molecule has 1 aromatic rings. The summed E-state index contributed by atoms with van der Waals surface area (Å²) in [5.41, 5.74) is 1.65. The van der Waals surface area contributed by atoms with Crippen LogP contribution in [0.5, 0.6) is 5.75 Å². The zero-order valence-electron chi connectivity index (χ0n) is 17.3. The highest BCUT2D eigenvalue weighted by Gasteiger charge is 2.19. The lowest BCUT2D eigenvalue weighted by Crippen LogP contribution is -2.41. The molecule has 1 saturated heterocycles. The zero-order valence-corrected chi connectivity index (χ0v) is 19.7. The van der Waals surface area contributed by atoms with Crippen LogP contribution in [0.2, 0.25) is 0 Å². The third-order valence-corrected chi connectivity index (χ3v) is 3.89. The molecule has 0 radical (unpaired) electrons. The molecule has 0 saturated carbocycles. The van der Waals surface area contributed by atoms with E-state index in [1.54, 1.807) is 7.05 Å². The first-order valence-electron chi connectivity index (χ1n) is 9.27. The molecule has 1 atom stereocenters. The fourth-order valence-corrected chi connectivity index (χ4v) is 2.64. The van der Waals surface area contributed by atoms with Gasteiger partial charge in [-0.2, -0.15) is 0 Å². The number of benzene rings is 1. The molecule has 158 valence electrons. The largest absolute Gasteiger partial charge is 0.488 e. The number of esters is 1. The summed E-state index contributed by atoms with van der Waals surface area (Å²) < 4.78 is 16.8. The second-order valence-electron chi connectivity index (χ2n) is 7.58. The summed E-state index contributed by atoms with van der Waals surface area (Å²) >= 11 is 0. The highest BCUT2D eigenvalue weighted by atomic mass is 127. The Morgan fingerprint density at radius 2 is 2.07 bits per heavy atom. The molecule has 8 heteroatoms. The molecule has 7 nitrogen and oxygen atoms in total. The normalized spacial score (nSPS) is 16.9. The summed E-state index contributed by atoms with van der Waals surface area (Å²) in [6, 6.07) is 6.12. The van der Waals surface area contributed by atoms with E-state index in [-0.39, 0.29) is 42.6 Å². The van der Waals surface area contributed by atoms with Crippen molar-refractivity contribution >= 4 is 35.9 Å². The van der Waals surface area contributed by atoms with E-state index in [0.717, 1.165) is 29.9 Å². The number of aryl methyl sites for hydroxylation is 1. The molecule has 1 fully saturated rings. The summed E-state index contributed by atoms with van der Waals surface area (Å²) in [5, 5.41) is 6.18. The van der Waals surface area contributed by atoms with Crippen LogP contribution >= 0.6 is 24.0 Å². The predicted molar refractivity (Wildman–Crippen MR) is 120 cm³/mol. The molecule has 1 aliphatic heterocycles. The van der Waals surface area contributed by atoms with Crippen LogP contribution in [0.3, 0.4) is 0 Å².